The third-order valence-corrected chi connectivity index (χ3v) is 4.40. The SMILES string of the molecule is CNC(=O)Cc1nc(-c2ccccc2)cc(-c2cc(OC)c(OC)c(OC)c2)n1. The number of ether oxygens (including phenoxy) is 3. The summed E-state index contributed by atoms with van der Waals surface area (Å²) >= 11 is 0. The van der Waals surface area contributed by atoms with Crippen molar-refractivity contribution in [1.29, 1.82) is 0 Å². The van der Waals surface area contributed by atoms with E-state index < -0.39 is 0 Å². The lowest BCUT2D eigenvalue weighted by Gasteiger charge is -2.15. The van der Waals surface area contributed by atoms with Crippen molar-refractivity contribution >= 4 is 5.91 Å². The smallest absolute Gasteiger partial charge is 0.227 e. The molecule has 1 amide bonds. The number of likely N-dealkylation sites (N-methyl/N-ethyl adjacent to an activating group) is 1. The van der Waals surface area contributed by atoms with Crippen LogP contribution in [0.2, 0.25) is 0 Å². The summed E-state index contributed by atoms with van der Waals surface area (Å²) in [5.41, 5.74) is 3.07. The van der Waals surface area contributed by atoms with Crippen LogP contribution >= 0.6 is 0 Å². The maximum atomic E-state index is 11.9. The molecule has 7 nitrogen and oxygen atoms in total. The molecule has 0 aliphatic heterocycles. The first-order valence-corrected chi connectivity index (χ1v) is 9.04. The second kappa shape index (κ2) is 9.05. The molecule has 0 spiro atoms. The Balaban J connectivity index is 2.18. The van der Waals surface area contributed by atoms with Gasteiger partial charge in [-0.3, -0.25) is 4.79 Å². The molecule has 0 saturated heterocycles. The number of hydrogen-bond donors (Lipinski definition) is 1. The van der Waals surface area contributed by atoms with Gasteiger partial charge in [0.15, 0.2) is 11.5 Å². The van der Waals surface area contributed by atoms with Crippen molar-refractivity contribution in [2.75, 3.05) is 28.4 Å². The molecule has 1 aromatic heterocycles. The lowest BCUT2D eigenvalue weighted by molar-refractivity contribution is -0.120. The summed E-state index contributed by atoms with van der Waals surface area (Å²) < 4.78 is 16.3. The minimum absolute atomic E-state index is 0.0780. The monoisotopic (exact) mass is 393 g/mol. The van der Waals surface area contributed by atoms with Crippen LogP contribution in [0.25, 0.3) is 22.5 Å². The largest absolute Gasteiger partial charge is 0.493 e. The molecule has 0 atom stereocenters. The zero-order valence-corrected chi connectivity index (χ0v) is 16.9. The third kappa shape index (κ3) is 4.45. The number of aromatic nitrogens is 2. The van der Waals surface area contributed by atoms with Crippen LogP contribution in [0.4, 0.5) is 0 Å². The van der Waals surface area contributed by atoms with Crippen molar-refractivity contribution < 1.29 is 19.0 Å². The minimum Gasteiger partial charge on any atom is -0.493 e. The zero-order chi connectivity index (χ0) is 20.8. The second-order valence-corrected chi connectivity index (χ2v) is 6.18. The van der Waals surface area contributed by atoms with Gasteiger partial charge in [-0.15, -0.1) is 0 Å². The topological polar surface area (TPSA) is 82.6 Å². The predicted molar refractivity (Wildman–Crippen MR) is 110 cm³/mol. The summed E-state index contributed by atoms with van der Waals surface area (Å²) in [7, 11) is 6.27. The first kappa shape index (κ1) is 20.1. The molecule has 1 N–H and O–H groups in total. The van der Waals surface area contributed by atoms with Crippen molar-refractivity contribution in [2.45, 2.75) is 6.42 Å². The number of benzene rings is 2. The maximum Gasteiger partial charge on any atom is 0.227 e. The van der Waals surface area contributed by atoms with Gasteiger partial charge < -0.3 is 19.5 Å². The summed E-state index contributed by atoms with van der Waals surface area (Å²) in [6.45, 7) is 0. The van der Waals surface area contributed by atoms with Crippen LogP contribution in [0.1, 0.15) is 5.82 Å². The number of hydrogen-bond acceptors (Lipinski definition) is 6. The number of amides is 1. The molecule has 0 unspecified atom stereocenters. The summed E-state index contributed by atoms with van der Waals surface area (Å²) in [5.74, 6) is 1.81. The molecule has 0 aliphatic carbocycles. The number of nitrogens with one attached hydrogen (secondary N) is 1. The van der Waals surface area contributed by atoms with E-state index in [1.807, 2.05) is 48.5 Å². The van der Waals surface area contributed by atoms with Gasteiger partial charge in [-0.2, -0.15) is 0 Å². The van der Waals surface area contributed by atoms with Crippen LogP contribution < -0.4 is 19.5 Å². The van der Waals surface area contributed by atoms with E-state index >= 15 is 0 Å². The van der Waals surface area contributed by atoms with Crippen LogP contribution in [-0.2, 0) is 11.2 Å². The Kier molecular flexibility index (Phi) is 6.29. The number of carbonyl (C=O) groups excluding carboxylic acids is 1. The quantitative estimate of drug-likeness (QED) is 0.664. The predicted octanol–water partition coefficient (Wildman–Crippen LogP) is 3.12. The van der Waals surface area contributed by atoms with Crippen molar-refractivity contribution in [1.82, 2.24) is 15.3 Å². The lowest BCUT2D eigenvalue weighted by Crippen LogP contribution is -2.21. The first-order valence-electron chi connectivity index (χ1n) is 9.04. The summed E-state index contributed by atoms with van der Waals surface area (Å²) in [5, 5.41) is 2.61. The number of nitrogens with zero attached hydrogens (tertiary/aromatic N) is 2. The van der Waals surface area contributed by atoms with Crippen molar-refractivity contribution in [3.63, 3.8) is 0 Å². The molecular formula is C22H23N3O4. The molecule has 29 heavy (non-hydrogen) atoms. The van der Waals surface area contributed by atoms with Crippen molar-refractivity contribution in [3.8, 4) is 39.8 Å². The van der Waals surface area contributed by atoms with Crippen LogP contribution in [0.15, 0.2) is 48.5 Å². The van der Waals surface area contributed by atoms with Crippen LogP contribution in [0.5, 0.6) is 17.2 Å². The van der Waals surface area contributed by atoms with E-state index in [0.717, 1.165) is 16.8 Å². The highest BCUT2D eigenvalue weighted by molar-refractivity contribution is 5.78. The Morgan fingerprint density at radius 3 is 1.97 bits per heavy atom. The maximum absolute atomic E-state index is 11.9. The highest BCUT2D eigenvalue weighted by atomic mass is 16.5. The Morgan fingerprint density at radius 2 is 1.45 bits per heavy atom. The molecule has 7 heteroatoms. The fourth-order valence-electron chi connectivity index (χ4n) is 2.94. The van der Waals surface area contributed by atoms with Crippen LogP contribution in [0.3, 0.4) is 0 Å². The Morgan fingerprint density at radius 1 is 0.862 bits per heavy atom. The van der Waals surface area contributed by atoms with Crippen molar-refractivity contribution in [3.05, 3.63) is 54.4 Å². The average molecular weight is 393 g/mol. The average Bonchev–Trinajstić information content (AvgIpc) is 2.78. The van der Waals surface area contributed by atoms with E-state index in [9.17, 15) is 4.79 Å². The van der Waals surface area contributed by atoms with Gasteiger partial charge >= 0.3 is 0 Å². The molecule has 150 valence electrons. The highest BCUT2D eigenvalue weighted by Gasteiger charge is 2.17. The van der Waals surface area contributed by atoms with Gasteiger partial charge in [0.25, 0.3) is 0 Å². The molecule has 0 saturated carbocycles. The van der Waals surface area contributed by atoms with Crippen molar-refractivity contribution in [2.24, 2.45) is 0 Å². The van der Waals surface area contributed by atoms with Gasteiger partial charge in [-0.25, -0.2) is 9.97 Å². The van der Waals surface area contributed by atoms with Gasteiger partial charge in [0, 0.05) is 18.2 Å². The fourth-order valence-corrected chi connectivity index (χ4v) is 2.94. The molecule has 0 fully saturated rings. The number of carbonyl (C=O) groups is 1. The molecule has 0 aliphatic rings. The van der Waals surface area contributed by atoms with Crippen LogP contribution in [-0.4, -0.2) is 44.3 Å². The van der Waals surface area contributed by atoms with E-state index in [1.165, 1.54) is 0 Å². The number of rotatable bonds is 7. The van der Waals surface area contributed by atoms with E-state index in [1.54, 1.807) is 28.4 Å². The lowest BCUT2D eigenvalue weighted by atomic mass is 10.1. The molecule has 1 heterocycles. The Bertz CT molecular complexity index is 981. The molecule has 0 bridgehead atoms. The molecule has 3 aromatic rings. The van der Waals surface area contributed by atoms with E-state index in [0.29, 0.717) is 28.8 Å². The second-order valence-electron chi connectivity index (χ2n) is 6.18. The zero-order valence-electron chi connectivity index (χ0n) is 16.9. The van der Waals surface area contributed by atoms with Gasteiger partial charge in [0.1, 0.15) is 5.82 Å². The summed E-state index contributed by atoms with van der Waals surface area (Å²) in [6.07, 6.45) is 0.0780. The van der Waals surface area contributed by atoms with E-state index in [4.69, 9.17) is 14.2 Å². The highest BCUT2D eigenvalue weighted by Crippen LogP contribution is 2.41. The van der Waals surface area contributed by atoms with E-state index in [2.05, 4.69) is 15.3 Å². The molecule has 0 radical (unpaired) electrons. The number of methoxy groups -OCH3 is 3. The Labute approximate surface area is 169 Å². The summed E-state index contributed by atoms with van der Waals surface area (Å²) in [6, 6.07) is 15.3. The fraction of sp³-hybridized carbons (Fsp3) is 0.227. The van der Waals surface area contributed by atoms with Gasteiger partial charge in [-0.05, 0) is 18.2 Å². The van der Waals surface area contributed by atoms with E-state index in [-0.39, 0.29) is 12.3 Å². The minimum atomic E-state index is -0.161. The standard InChI is InChI=1S/C22H23N3O4/c1-23-21(26)13-20-24-16(14-8-6-5-7-9-14)12-17(25-20)15-10-18(27-2)22(29-4)19(11-15)28-3/h5-12H,13H2,1-4H3,(H,23,26). The Hall–Kier alpha value is -3.61. The molecular weight excluding hydrogens is 370 g/mol. The molecule has 3 rings (SSSR count). The summed E-state index contributed by atoms with van der Waals surface area (Å²) in [4.78, 5) is 21.1. The van der Waals surface area contributed by atoms with Gasteiger partial charge in [0.2, 0.25) is 11.7 Å². The third-order valence-electron chi connectivity index (χ3n) is 4.40. The first-order chi connectivity index (χ1) is 14.1. The van der Waals surface area contributed by atoms with Gasteiger partial charge in [-0.1, -0.05) is 30.3 Å². The molecule has 2 aromatic carbocycles. The van der Waals surface area contributed by atoms with Gasteiger partial charge in [0.05, 0.1) is 39.1 Å². The normalized spacial score (nSPS) is 10.3. The van der Waals surface area contributed by atoms with Crippen LogP contribution in [0, 0.1) is 0 Å².